The zero-order valence-electron chi connectivity index (χ0n) is 10.7. The van der Waals surface area contributed by atoms with Crippen molar-refractivity contribution in [3.05, 3.63) is 36.7 Å². The van der Waals surface area contributed by atoms with Gasteiger partial charge < -0.3 is 15.7 Å². The average molecular weight is 273 g/mol. The molecule has 3 rings (SSSR count). The fourth-order valence-corrected chi connectivity index (χ4v) is 2.25. The molecule has 1 aliphatic heterocycles. The summed E-state index contributed by atoms with van der Waals surface area (Å²) >= 11 is 0. The fourth-order valence-electron chi connectivity index (χ4n) is 2.25. The van der Waals surface area contributed by atoms with Gasteiger partial charge in [0, 0.05) is 6.54 Å². The van der Waals surface area contributed by atoms with Crippen LogP contribution in [0.15, 0.2) is 36.7 Å². The van der Waals surface area contributed by atoms with Crippen LogP contribution in [0.3, 0.4) is 0 Å². The van der Waals surface area contributed by atoms with Gasteiger partial charge in [-0.15, -0.1) is 5.10 Å². The number of nitrogens with one attached hydrogen (secondary N) is 2. The first kappa shape index (κ1) is 12.8. The molecule has 0 saturated carbocycles. The number of aromatic nitrogens is 3. The maximum absolute atomic E-state index is 12.2. The van der Waals surface area contributed by atoms with E-state index in [0.29, 0.717) is 18.7 Å². The molecule has 1 aromatic carbocycles. The Hall–Kier alpha value is -2.25. The minimum atomic E-state index is -0.462. The highest BCUT2D eigenvalue weighted by atomic mass is 16.3. The molecule has 1 aromatic heterocycles. The molecule has 2 atom stereocenters. The van der Waals surface area contributed by atoms with Crippen molar-refractivity contribution in [1.82, 2.24) is 20.3 Å². The number of carbonyl (C=O) groups is 1. The third-order valence-electron chi connectivity index (χ3n) is 3.26. The van der Waals surface area contributed by atoms with Crippen LogP contribution in [0.25, 0.3) is 5.69 Å². The number of β-amino-alcohol motifs (C(OH)–C–C–N with tert-alkyl or cyclic N) is 1. The van der Waals surface area contributed by atoms with E-state index >= 15 is 0 Å². The number of nitrogens with zero attached hydrogens (tertiary/aromatic N) is 3. The Bertz CT molecular complexity index is 599. The van der Waals surface area contributed by atoms with E-state index in [2.05, 4.69) is 20.9 Å². The maximum Gasteiger partial charge on any atom is 0.241 e. The number of rotatable bonds is 3. The Balaban J connectivity index is 1.79. The van der Waals surface area contributed by atoms with E-state index < -0.39 is 6.10 Å². The summed E-state index contributed by atoms with van der Waals surface area (Å²) in [6, 6.07) is 6.99. The van der Waals surface area contributed by atoms with E-state index in [9.17, 15) is 9.90 Å². The van der Waals surface area contributed by atoms with Crippen molar-refractivity contribution in [2.45, 2.75) is 18.6 Å². The van der Waals surface area contributed by atoms with Gasteiger partial charge in [0.2, 0.25) is 5.91 Å². The molecule has 2 heterocycles. The largest absolute Gasteiger partial charge is 0.392 e. The molecule has 1 fully saturated rings. The van der Waals surface area contributed by atoms with Crippen LogP contribution in [0.5, 0.6) is 0 Å². The summed E-state index contributed by atoms with van der Waals surface area (Å²) < 4.78 is 1.59. The standard InChI is InChI=1S/C13H15N5O2/c19-9-7-11(14-8-9)13(20)16-10-3-1-2-4-12(10)18-6-5-15-17-18/h1-6,9,11,14,19H,7-8H2,(H,16,20). The maximum atomic E-state index is 12.2. The van der Waals surface area contributed by atoms with Gasteiger partial charge in [0.15, 0.2) is 0 Å². The molecule has 1 saturated heterocycles. The van der Waals surface area contributed by atoms with Gasteiger partial charge in [-0.1, -0.05) is 17.3 Å². The molecule has 104 valence electrons. The van der Waals surface area contributed by atoms with Crippen molar-refractivity contribution in [1.29, 1.82) is 0 Å². The zero-order chi connectivity index (χ0) is 13.9. The van der Waals surface area contributed by atoms with E-state index in [1.165, 1.54) is 0 Å². The Morgan fingerprint density at radius 3 is 3.00 bits per heavy atom. The Morgan fingerprint density at radius 2 is 2.30 bits per heavy atom. The van der Waals surface area contributed by atoms with Crippen molar-refractivity contribution in [3.63, 3.8) is 0 Å². The molecule has 1 amide bonds. The van der Waals surface area contributed by atoms with Crippen LogP contribution in [-0.2, 0) is 4.79 Å². The number of carbonyl (C=O) groups excluding carboxylic acids is 1. The molecule has 0 spiro atoms. The van der Waals surface area contributed by atoms with E-state index in [4.69, 9.17) is 0 Å². The molecule has 2 aromatic rings. The molecule has 7 heteroatoms. The number of amides is 1. The first-order valence-corrected chi connectivity index (χ1v) is 6.42. The second-order valence-electron chi connectivity index (χ2n) is 4.70. The van der Waals surface area contributed by atoms with Crippen molar-refractivity contribution < 1.29 is 9.90 Å². The van der Waals surface area contributed by atoms with Crippen LogP contribution in [0.1, 0.15) is 6.42 Å². The van der Waals surface area contributed by atoms with Crippen molar-refractivity contribution in [3.8, 4) is 5.69 Å². The lowest BCUT2D eigenvalue weighted by molar-refractivity contribution is -0.117. The van der Waals surface area contributed by atoms with Crippen LogP contribution >= 0.6 is 0 Å². The van der Waals surface area contributed by atoms with Gasteiger partial charge in [-0.25, -0.2) is 4.68 Å². The number of aliphatic hydroxyl groups is 1. The SMILES string of the molecule is O=C(Nc1ccccc1-n1ccnn1)C1CC(O)CN1. The van der Waals surface area contributed by atoms with Crippen molar-refractivity contribution in [2.24, 2.45) is 0 Å². The lowest BCUT2D eigenvalue weighted by Gasteiger charge is -2.14. The summed E-state index contributed by atoms with van der Waals surface area (Å²) in [5.41, 5.74) is 1.41. The fraction of sp³-hybridized carbons (Fsp3) is 0.308. The van der Waals surface area contributed by atoms with Gasteiger partial charge in [0.1, 0.15) is 0 Å². The number of anilines is 1. The van der Waals surface area contributed by atoms with E-state index in [1.807, 2.05) is 18.2 Å². The van der Waals surface area contributed by atoms with E-state index in [1.54, 1.807) is 23.1 Å². The zero-order valence-corrected chi connectivity index (χ0v) is 10.7. The van der Waals surface area contributed by atoms with Crippen LogP contribution in [0, 0.1) is 0 Å². The summed E-state index contributed by atoms with van der Waals surface area (Å²) in [6.07, 6.45) is 3.25. The average Bonchev–Trinajstić information content (AvgIpc) is 3.10. The van der Waals surface area contributed by atoms with Gasteiger partial charge in [-0.05, 0) is 18.6 Å². The van der Waals surface area contributed by atoms with Gasteiger partial charge in [-0.2, -0.15) is 0 Å². The molecule has 20 heavy (non-hydrogen) atoms. The molecular formula is C13H15N5O2. The van der Waals surface area contributed by atoms with Crippen LogP contribution < -0.4 is 10.6 Å². The number of hydrogen-bond donors (Lipinski definition) is 3. The monoisotopic (exact) mass is 273 g/mol. The summed E-state index contributed by atoms with van der Waals surface area (Å²) in [5.74, 6) is -0.158. The smallest absolute Gasteiger partial charge is 0.241 e. The second-order valence-corrected chi connectivity index (χ2v) is 4.70. The third kappa shape index (κ3) is 2.54. The van der Waals surface area contributed by atoms with Crippen molar-refractivity contribution >= 4 is 11.6 Å². The summed E-state index contributed by atoms with van der Waals surface area (Å²) in [6.45, 7) is 0.447. The van der Waals surface area contributed by atoms with Crippen LogP contribution in [-0.4, -0.2) is 44.7 Å². The molecular weight excluding hydrogens is 258 g/mol. The molecule has 0 radical (unpaired) electrons. The summed E-state index contributed by atoms with van der Waals surface area (Å²) in [7, 11) is 0. The van der Waals surface area contributed by atoms with Crippen LogP contribution in [0.4, 0.5) is 5.69 Å². The van der Waals surface area contributed by atoms with Gasteiger partial charge >= 0.3 is 0 Å². The van der Waals surface area contributed by atoms with E-state index in [-0.39, 0.29) is 11.9 Å². The molecule has 1 aliphatic rings. The molecule has 0 bridgehead atoms. The first-order valence-electron chi connectivity index (χ1n) is 6.42. The van der Waals surface area contributed by atoms with Crippen LogP contribution in [0.2, 0.25) is 0 Å². The Kier molecular flexibility index (Phi) is 3.44. The van der Waals surface area contributed by atoms with E-state index in [0.717, 1.165) is 5.69 Å². The minimum absolute atomic E-state index is 0.158. The molecule has 3 N–H and O–H groups in total. The number of aliphatic hydroxyl groups excluding tert-OH is 1. The minimum Gasteiger partial charge on any atom is -0.392 e. The molecule has 7 nitrogen and oxygen atoms in total. The number of hydrogen-bond acceptors (Lipinski definition) is 5. The molecule has 2 unspecified atom stereocenters. The lowest BCUT2D eigenvalue weighted by Crippen LogP contribution is -2.35. The lowest BCUT2D eigenvalue weighted by atomic mass is 10.2. The highest BCUT2D eigenvalue weighted by molar-refractivity contribution is 5.96. The van der Waals surface area contributed by atoms with Gasteiger partial charge in [0.05, 0.1) is 35.9 Å². The Morgan fingerprint density at radius 1 is 1.45 bits per heavy atom. The molecule has 0 aliphatic carbocycles. The topological polar surface area (TPSA) is 92.1 Å². The predicted molar refractivity (Wildman–Crippen MR) is 72.4 cm³/mol. The number of benzene rings is 1. The highest BCUT2D eigenvalue weighted by Crippen LogP contribution is 2.19. The number of para-hydroxylation sites is 2. The third-order valence-corrected chi connectivity index (χ3v) is 3.26. The predicted octanol–water partition coefficient (Wildman–Crippen LogP) is -0.0714. The Labute approximate surface area is 115 Å². The van der Waals surface area contributed by atoms with Gasteiger partial charge in [-0.3, -0.25) is 4.79 Å². The van der Waals surface area contributed by atoms with Crippen molar-refractivity contribution in [2.75, 3.05) is 11.9 Å². The second kappa shape index (κ2) is 5.40. The normalized spacial score (nSPS) is 21.9. The summed E-state index contributed by atoms with van der Waals surface area (Å²) in [4.78, 5) is 12.2. The van der Waals surface area contributed by atoms with Gasteiger partial charge in [0.25, 0.3) is 0 Å². The summed E-state index contributed by atoms with van der Waals surface area (Å²) in [5, 5.41) is 23.0. The quantitative estimate of drug-likeness (QED) is 0.728. The first-order chi connectivity index (χ1) is 9.74. The highest BCUT2D eigenvalue weighted by Gasteiger charge is 2.28.